The molecule has 2 saturated heterocycles. The topological polar surface area (TPSA) is 187 Å². The van der Waals surface area contributed by atoms with Gasteiger partial charge in [0.2, 0.25) is 0 Å². The summed E-state index contributed by atoms with van der Waals surface area (Å²) in [6, 6.07) is 8.23. The number of hydrogen-bond donors (Lipinski definition) is 7. The molecule has 192 valence electrons. The van der Waals surface area contributed by atoms with Crippen molar-refractivity contribution in [2.45, 2.75) is 74.9 Å². The number of carbonyl (C=O) groups excluding carboxylic acids is 1. The van der Waals surface area contributed by atoms with Crippen molar-refractivity contribution < 1.29 is 54.4 Å². The van der Waals surface area contributed by atoms with Crippen molar-refractivity contribution in [2.24, 2.45) is 0 Å². The molecule has 2 fully saturated rings. The highest BCUT2D eigenvalue weighted by atomic mass is 16.7. The molecule has 2 aliphatic rings. The molecule has 12 heteroatoms. The van der Waals surface area contributed by atoms with Crippen molar-refractivity contribution in [1.29, 1.82) is 0 Å². The third-order valence-corrected chi connectivity index (χ3v) is 5.84. The molecule has 10 atom stereocenters. The van der Waals surface area contributed by atoms with E-state index in [4.69, 9.17) is 18.9 Å². The summed E-state index contributed by atoms with van der Waals surface area (Å²) in [5.74, 6) is -0.204. The van der Waals surface area contributed by atoms with E-state index in [0.29, 0.717) is 0 Å². The molecule has 0 aliphatic carbocycles. The fourth-order valence-corrected chi connectivity index (χ4v) is 3.94. The van der Waals surface area contributed by atoms with Gasteiger partial charge in [0.05, 0.1) is 32.4 Å². The van der Waals surface area contributed by atoms with Crippen LogP contribution in [0.5, 0.6) is 0 Å². The zero-order valence-electron chi connectivity index (χ0n) is 18.7. The Labute approximate surface area is 196 Å². The third-order valence-electron chi connectivity index (χ3n) is 5.84. The molecule has 0 aromatic heterocycles. The second-order valence-electron chi connectivity index (χ2n) is 8.42. The summed E-state index contributed by atoms with van der Waals surface area (Å²) in [6.45, 7) is 0.140. The Morgan fingerprint density at radius 1 is 0.912 bits per heavy atom. The van der Waals surface area contributed by atoms with Gasteiger partial charge in [-0.2, -0.15) is 0 Å². The molecule has 1 aromatic carbocycles. The molecule has 7 N–H and O–H groups in total. The Morgan fingerprint density at radius 3 is 2.18 bits per heavy atom. The number of ketones is 1. The van der Waals surface area contributed by atoms with Gasteiger partial charge in [-0.15, -0.1) is 0 Å². The summed E-state index contributed by atoms with van der Waals surface area (Å²) in [5, 5.41) is 63.5. The number of aliphatic hydroxyl groups excluding tert-OH is 6. The summed E-state index contributed by atoms with van der Waals surface area (Å²) < 4.78 is 22.7. The van der Waals surface area contributed by atoms with Crippen LogP contribution in [-0.2, 0) is 30.3 Å². The number of aliphatic hydroxyl groups is 6. The second-order valence-corrected chi connectivity index (χ2v) is 8.42. The molecule has 2 aliphatic heterocycles. The SMILES string of the molecule is CC(=O)CN[C@H]1C(OCc2ccccc2)O[C@H](CO)[C@@H](OC2O[C@H](CO)[C@H](O)[C@H](O)[C@H]2O)[C@@H]1O. The van der Waals surface area contributed by atoms with Crippen LogP contribution < -0.4 is 5.32 Å². The van der Waals surface area contributed by atoms with E-state index in [2.05, 4.69) is 5.32 Å². The maximum absolute atomic E-state index is 11.6. The predicted molar refractivity (Wildman–Crippen MR) is 114 cm³/mol. The monoisotopic (exact) mass is 487 g/mol. The van der Waals surface area contributed by atoms with Crippen LogP contribution in [0.2, 0.25) is 0 Å². The van der Waals surface area contributed by atoms with Gasteiger partial charge in [0.25, 0.3) is 0 Å². The average molecular weight is 488 g/mol. The zero-order chi connectivity index (χ0) is 24.8. The first-order chi connectivity index (χ1) is 16.3. The lowest BCUT2D eigenvalue weighted by Gasteiger charge is -2.47. The summed E-state index contributed by atoms with van der Waals surface area (Å²) >= 11 is 0. The van der Waals surface area contributed by atoms with Crippen LogP contribution >= 0.6 is 0 Å². The number of ether oxygens (including phenoxy) is 4. The molecule has 2 heterocycles. The van der Waals surface area contributed by atoms with Crippen LogP contribution in [0, 0.1) is 0 Å². The zero-order valence-corrected chi connectivity index (χ0v) is 18.7. The number of hydrogen-bond acceptors (Lipinski definition) is 12. The molecule has 12 nitrogen and oxygen atoms in total. The minimum atomic E-state index is -1.71. The van der Waals surface area contributed by atoms with Gasteiger partial charge in [0.1, 0.15) is 48.5 Å². The Hall–Kier alpha value is -1.55. The molecular weight excluding hydrogens is 454 g/mol. The van der Waals surface area contributed by atoms with Crippen LogP contribution in [-0.4, -0.2) is 118 Å². The van der Waals surface area contributed by atoms with E-state index in [-0.39, 0.29) is 18.9 Å². The fourth-order valence-electron chi connectivity index (χ4n) is 3.94. The van der Waals surface area contributed by atoms with Crippen LogP contribution in [0.15, 0.2) is 30.3 Å². The van der Waals surface area contributed by atoms with Gasteiger partial charge >= 0.3 is 0 Å². The number of benzene rings is 1. The molecule has 3 rings (SSSR count). The van der Waals surface area contributed by atoms with Crippen molar-refractivity contribution in [3.05, 3.63) is 35.9 Å². The van der Waals surface area contributed by atoms with Gasteiger partial charge in [0, 0.05) is 0 Å². The van der Waals surface area contributed by atoms with Crippen molar-refractivity contribution in [3.63, 3.8) is 0 Å². The smallest absolute Gasteiger partial charge is 0.187 e. The highest BCUT2D eigenvalue weighted by Gasteiger charge is 2.51. The second kappa shape index (κ2) is 12.4. The van der Waals surface area contributed by atoms with Crippen LogP contribution in [0.4, 0.5) is 0 Å². The van der Waals surface area contributed by atoms with Gasteiger partial charge in [-0.25, -0.2) is 0 Å². The highest BCUT2D eigenvalue weighted by molar-refractivity contribution is 5.77. The van der Waals surface area contributed by atoms with Gasteiger partial charge in [-0.3, -0.25) is 4.79 Å². The van der Waals surface area contributed by atoms with Gasteiger partial charge < -0.3 is 54.9 Å². The summed E-state index contributed by atoms with van der Waals surface area (Å²) in [4.78, 5) is 11.6. The molecule has 0 spiro atoms. The Bertz CT molecular complexity index is 766. The lowest BCUT2D eigenvalue weighted by molar-refractivity contribution is -0.349. The van der Waals surface area contributed by atoms with E-state index in [1.54, 1.807) is 0 Å². The van der Waals surface area contributed by atoms with E-state index in [1.807, 2.05) is 30.3 Å². The number of rotatable bonds is 10. The molecule has 1 aromatic rings. The summed E-state index contributed by atoms with van der Waals surface area (Å²) in [5.41, 5.74) is 0.839. The molecule has 0 bridgehead atoms. The lowest BCUT2D eigenvalue weighted by atomic mass is 9.95. The quantitative estimate of drug-likeness (QED) is 0.178. The minimum absolute atomic E-state index is 0.104. The molecule has 2 unspecified atom stereocenters. The Kier molecular flexibility index (Phi) is 9.88. The van der Waals surface area contributed by atoms with Crippen LogP contribution in [0.1, 0.15) is 12.5 Å². The van der Waals surface area contributed by atoms with Gasteiger partial charge in [0.15, 0.2) is 12.6 Å². The fraction of sp³-hybridized carbons (Fsp3) is 0.682. The lowest BCUT2D eigenvalue weighted by Crippen LogP contribution is -2.67. The van der Waals surface area contributed by atoms with E-state index in [1.165, 1.54) is 6.92 Å². The normalized spacial score (nSPS) is 38.6. The first-order valence-corrected chi connectivity index (χ1v) is 11.1. The van der Waals surface area contributed by atoms with E-state index >= 15 is 0 Å². The van der Waals surface area contributed by atoms with Crippen molar-refractivity contribution >= 4 is 5.78 Å². The molecule has 0 radical (unpaired) electrons. The van der Waals surface area contributed by atoms with Crippen molar-refractivity contribution in [1.82, 2.24) is 5.32 Å². The molecular formula is C22H33NO11. The molecule has 0 saturated carbocycles. The first kappa shape index (κ1) is 27.0. The Morgan fingerprint density at radius 2 is 1.56 bits per heavy atom. The van der Waals surface area contributed by atoms with E-state index < -0.39 is 74.6 Å². The number of carbonyl (C=O) groups is 1. The highest BCUT2D eigenvalue weighted by Crippen LogP contribution is 2.30. The molecule has 0 amide bonds. The van der Waals surface area contributed by atoms with Crippen molar-refractivity contribution in [3.8, 4) is 0 Å². The van der Waals surface area contributed by atoms with Gasteiger partial charge in [-0.05, 0) is 12.5 Å². The van der Waals surface area contributed by atoms with E-state index in [0.717, 1.165) is 5.56 Å². The van der Waals surface area contributed by atoms with E-state index in [9.17, 15) is 35.4 Å². The summed E-state index contributed by atoms with van der Waals surface area (Å²) in [6.07, 6.45) is -12.6. The summed E-state index contributed by atoms with van der Waals surface area (Å²) in [7, 11) is 0. The number of nitrogens with one attached hydrogen (secondary N) is 1. The van der Waals surface area contributed by atoms with Crippen LogP contribution in [0.3, 0.4) is 0 Å². The maximum atomic E-state index is 11.6. The van der Waals surface area contributed by atoms with Crippen molar-refractivity contribution in [2.75, 3.05) is 19.8 Å². The first-order valence-electron chi connectivity index (χ1n) is 11.1. The predicted octanol–water partition coefficient (Wildman–Crippen LogP) is -2.99. The Balaban J connectivity index is 1.76. The minimum Gasteiger partial charge on any atom is -0.394 e. The maximum Gasteiger partial charge on any atom is 0.187 e. The molecule has 34 heavy (non-hydrogen) atoms. The standard InChI is InChI=1S/C22H33NO11/c1-11(26)7-23-15-17(28)20(34-22-19(30)18(29)16(27)13(8-24)32-22)14(9-25)33-21(15)31-10-12-5-3-2-4-6-12/h2-6,13-25,27-30H,7-10H2,1H3/t13-,14-,15-,16+,17-,18+,19-,20-,21?,22?/m1/s1. The van der Waals surface area contributed by atoms with Crippen LogP contribution in [0.25, 0.3) is 0 Å². The van der Waals surface area contributed by atoms with Gasteiger partial charge in [-0.1, -0.05) is 30.3 Å². The third kappa shape index (κ3) is 6.36. The number of Topliss-reactive ketones (excluding diaryl/α,β-unsaturated/α-hetero) is 1. The average Bonchev–Trinajstić information content (AvgIpc) is 2.83. The largest absolute Gasteiger partial charge is 0.394 e.